The van der Waals surface area contributed by atoms with Crippen LogP contribution in [0.3, 0.4) is 0 Å². The number of nitrogens with zero attached hydrogens (tertiary/aromatic N) is 2. The number of imidazole rings is 1. The number of thioether (sulfide) groups is 1. The molecule has 0 radical (unpaired) electrons. The van der Waals surface area contributed by atoms with Crippen molar-refractivity contribution in [2.24, 2.45) is 0 Å². The van der Waals surface area contributed by atoms with E-state index in [9.17, 15) is 8.42 Å². The Kier molecular flexibility index (Phi) is 2.45. The summed E-state index contributed by atoms with van der Waals surface area (Å²) >= 11 is 1.63. The quantitative estimate of drug-likeness (QED) is 0.832. The Morgan fingerprint density at radius 3 is 3.00 bits per heavy atom. The van der Waals surface area contributed by atoms with Gasteiger partial charge in [-0.1, -0.05) is 23.9 Å². The van der Waals surface area contributed by atoms with Gasteiger partial charge in [0, 0.05) is 12.0 Å². The van der Waals surface area contributed by atoms with E-state index in [1.807, 2.05) is 24.3 Å². The first kappa shape index (κ1) is 11.1. The molecule has 1 unspecified atom stereocenters. The van der Waals surface area contributed by atoms with Crippen LogP contribution in [0.2, 0.25) is 0 Å². The molecule has 0 spiro atoms. The number of fused-ring (bicyclic) bond motifs is 3. The lowest BCUT2D eigenvalue weighted by Crippen LogP contribution is -2.17. The molecule has 4 nitrogen and oxygen atoms in total. The number of para-hydroxylation sites is 2. The highest BCUT2D eigenvalue weighted by Gasteiger charge is 2.28. The molecule has 1 aromatic carbocycles. The van der Waals surface area contributed by atoms with Gasteiger partial charge in [0.05, 0.1) is 22.8 Å². The molecule has 0 saturated heterocycles. The predicted molar refractivity (Wildman–Crippen MR) is 69.2 cm³/mol. The Morgan fingerprint density at radius 2 is 2.24 bits per heavy atom. The average molecular weight is 268 g/mol. The van der Waals surface area contributed by atoms with Gasteiger partial charge >= 0.3 is 0 Å². The second-order valence-corrected chi connectivity index (χ2v) is 7.48. The number of hydrogen-bond acceptors (Lipinski definition) is 4. The Morgan fingerprint density at radius 1 is 1.47 bits per heavy atom. The zero-order valence-corrected chi connectivity index (χ0v) is 11.0. The lowest BCUT2D eigenvalue weighted by atomic mass is 10.3. The van der Waals surface area contributed by atoms with Crippen LogP contribution in [0.1, 0.15) is 6.04 Å². The van der Waals surface area contributed by atoms with E-state index in [2.05, 4.69) is 9.55 Å². The van der Waals surface area contributed by atoms with E-state index < -0.39 is 9.84 Å². The minimum Gasteiger partial charge on any atom is -0.314 e. The van der Waals surface area contributed by atoms with Crippen LogP contribution in [-0.2, 0) is 9.84 Å². The zero-order valence-electron chi connectivity index (χ0n) is 9.33. The van der Waals surface area contributed by atoms with Crippen LogP contribution in [0.4, 0.5) is 0 Å². The van der Waals surface area contributed by atoms with E-state index >= 15 is 0 Å². The summed E-state index contributed by atoms with van der Waals surface area (Å²) in [6.07, 6.45) is 1.29. The minimum absolute atomic E-state index is 0.0115. The van der Waals surface area contributed by atoms with Crippen LogP contribution in [0.5, 0.6) is 0 Å². The third-order valence-corrected chi connectivity index (χ3v) is 4.92. The minimum atomic E-state index is -2.96. The lowest BCUT2D eigenvalue weighted by molar-refractivity contribution is 0.563. The monoisotopic (exact) mass is 268 g/mol. The summed E-state index contributed by atoms with van der Waals surface area (Å²) in [5.74, 6) is 0.980. The first-order valence-corrected chi connectivity index (χ1v) is 8.37. The maximum atomic E-state index is 11.4. The Hall–Kier alpha value is -1.01. The van der Waals surface area contributed by atoms with Crippen molar-refractivity contribution < 1.29 is 8.42 Å². The van der Waals surface area contributed by atoms with Crippen molar-refractivity contribution in [3.05, 3.63) is 24.3 Å². The van der Waals surface area contributed by atoms with Crippen molar-refractivity contribution in [2.45, 2.75) is 11.2 Å². The van der Waals surface area contributed by atoms with Gasteiger partial charge in [0.2, 0.25) is 0 Å². The van der Waals surface area contributed by atoms with Gasteiger partial charge in [-0.15, -0.1) is 0 Å². The second kappa shape index (κ2) is 3.74. The molecule has 3 rings (SSSR count). The maximum Gasteiger partial charge on any atom is 0.169 e. The van der Waals surface area contributed by atoms with Crippen molar-refractivity contribution in [1.82, 2.24) is 9.55 Å². The van der Waals surface area contributed by atoms with Crippen molar-refractivity contribution in [3.8, 4) is 0 Å². The van der Waals surface area contributed by atoms with Crippen molar-refractivity contribution >= 4 is 32.6 Å². The van der Waals surface area contributed by atoms with Gasteiger partial charge < -0.3 is 4.57 Å². The highest BCUT2D eigenvalue weighted by Crippen LogP contribution is 2.37. The van der Waals surface area contributed by atoms with Gasteiger partial charge in [0.25, 0.3) is 0 Å². The first-order chi connectivity index (χ1) is 8.04. The van der Waals surface area contributed by atoms with E-state index in [1.165, 1.54) is 6.26 Å². The fraction of sp³-hybridized carbons (Fsp3) is 0.364. The van der Waals surface area contributed by atoms with Gasteiger partial charge in [-0.05, 0) is 12.1 Å². The fourth-order valence-electron chi connectivity index (χ4n) is 2.19. The molecule has 0 saturated carbocycles. The van der Waals surface area contributed by atoms with Crippen molar-refractivity contribution in [2.75, 3.05) is 17.8 Å². The van der Waals surface area contributed by atoms with Crippen molar-refractivity contribution in [3.63, 3.8) is 0 Å². The molecule has 1 atom stereocenters. The lowest BCUT2D eigenvalue weighted by Gasteiger charge is -2.11. The van der Waals surface area contributed by atoms with E-state index in [-0.39, 0.29) is 11.8 Å². The fourth-order valence-corrected chi connectivity index (χ4v) is 4.47. The molecule has 0 amide bonds. The summed E-state index contributed by atoms with van der Waals surface area (Å²) in [4.78, 5) is 4.50. The van der Waals surface area contributed by atoms with E-state index in [0.717, 1.165) is 21.9 Å². The standard InChI is InChI=1S/C11H12N2O2S2/c1-17(14,15)7-8-6-16-11-12-9-4-2-3-5-10(9)13(8)11/h2-5,8H,6-7H2,1H3. The van der Waals surface area contributed by atoms with E-state index in [4.69, 9.17) is 0 Å². The molecule has 2 heterocycles. The summed E-state index contributed by atoms with van der Waals surface area (Å²) < 4.78 is 24.9. The second-order valence-electron chi connectivity index (χ2n) is 4.31. The number of aromatic nitrogens is 2. The summed E-state index contributed by atoms with van der Waals surface area (Å²) in [6.45, 7) is 0. The van der Waals surface area contributed by atoms with Crippen LogP contribution < -0.4 is 0 Å². The molecule has 1 aromatic heterocycles. The van der Waals surface area contributed by atoms with Crippen LogP contribution in [-0.4, -0.2) is 35.7 Å². The third kappa shape index (κ3) is 1.95. The molecule has 6 heteroatoms. The molecule has 17 heavy (non-hydrogen) atoms. The summed E-state index contributed by atoms with van der Waals surface area (Å²) in [6, 6.07) is 7.86. The Labute approximate surface area is 104 Å². The van der Waals surface area contributed by atoms with Gasteiger partial charge in [-0.25, -0.2) is 13.4 Å². The number of benzene rings is 1. The topological polar surface area (TPSA) is 52.0 Å². The van der Waals surface area contributed by atoms with Gasteiger partial charge in [0.1, 0.15) is 9.84 Å². The van der Waals surface area contributed by atoms with Crippen LogP contribution >= 0.6 is 11.8 Å². The van der Waals surface area contributed by atoms with Gasteiger partial charge in [0.15, 0.2) is 5.16 Å². The Bertz CT molecular complexity index is 676. The molecular weight excluding hydrogens is 256 g/mol. The van der Waals surface area contributed by atoms with Gasteiger partial charge in [-0.3, -0.25) is 0 Å². The van der Waals surface area contributed by atoms with Crippen LogP contribution in [0, 0.1) is 0 Å². The van der Waals surface area contributed by atoms with E-state index in [1.54, 1.807) is 11.8 Å². The SMILES string of the molecule is CS(=O)(=O)CC1CSc2nc3ccccc3n21. The Balaban J connectivity index is 2.12. The predicted octanol–water partition coefficient (Wildman–Crippen LogP) is 1.73. The molecule has 0 bridgehead atoms. The number of hydrogen-bond donors (Lipinski definition) is 0. The molecule has 0 N–H and O–H groups in total. The molecule has 2 aromatic rings. The molecule has 0 fully saturated rings. The van der Waals surface area contributed by atoms with Crippen LogP contribution in [0.15, 0.2) is 29.4 Å². The summed E-state index contributed by atoms with van der Waals surface area (Å²) in [5, 5.41) is 0.930. The molecule has 0 aliphatic carbocycles. The zero-order chi connectivity index (χ0) is 12.0. The number of sulfone groups is 1. The van der Waals surface area contributed by atoms with E-state index in [0.29, 0.717) is 0 Å². The average Bonchev–Trinajstić information content (AvgIpc) is 2.76. The highest BCUT2D eigenvalue weighted by molar-refractivity contribution is 7.99. The van der Waals surface area contributed by atoms with Crippen molar-refractivity contribution in [1.29, 1.82) is 0 Å². The maximum absolute atomic E-state index is 11.4. The normalized spacial score (nSPS) is 19.7. The first-order valence-electron chi connectivity index (χ1n) is 5.32. The van der Waals surface area contributed by atoms with Crippen LogP contribution in [0.25, 0.3) is 11.0 Å². The molecule has 1 aliphatic rings. The largest absolute Gasteiger partial charge is 0.314 e. The highest BCUT2D eigenvalue weighted by atomic mass is 32.2. The molecular formula is C11H12N2O2S2. The number of rotatable bonds is 2. The third-order valence-electron chi connectivity index (χ3n) is 2.83. The molecule has 1 aliphatic heterocycles. The van der Waals surface area contributed by atoms with Gasteiger partial charge in [-0.2, -0.15) is 0 Å². The summed E-state index contributed by atoms with van der Waals surface area (Å²) in [7, 11) is -2.96. The molecule has 90 valence electrons. The smallest absolute Gasteiger partial charge is 0.169 e. The summed E-state index contributed by atoms with van der Waals surface area (Å²) in [5.41, 5.74) is 1.97.